The van der Waals surface area contributed by atoms with Gasteiger partial charge in [0.1, 0.15) is 11.9 Å². The Bertz CT molecular complexity index is 714. The van der Waals surface area contributed by atoms with Crippen molar-refractivity contribution in [1.29, 1.82) is 0 Å². The largest absolute Gasteiger partial charge is 0.481 e. The van der Waals surface area contributed by atoms with Crippen molar-refractivity contribution in [2.45, 2.75) is 31.7 Å². The lowest BCUT2D eigenvalue weighted by atomic mass is 9.80. The van der Waals surface area contributed by atoms with Crippen LogP contribution in [0.25, 0.3) is 0 Å². The van der Waals surface area contributed by atoms with Crippen LogP contribution in [-0.4, -0.2) is 45.5 Å². The Hall–Kier alpha value is -2.09. The molecule has 3 atom stereocenters. The third-order valence-corrected chi connectivity index (χ3v) is 5.98. The number of carboxylic acid groups (broad SMARTS) is 1. The Labute approximate surface area is 155 Å². The fourth-order valence-corrected chi connectivity index (χ4v) is 4.69. The number of carbonyl (C=O) groups excluding carboxylic acids is 2. The van der Waals surface area contributed by atoms with Gasteiger partial charge in [0.25, 0.3) is 0 Å². The number of halogens is 1. The summed E-state index contributed by atoms with van der Waals surface area (Å²) in [6.07, 6.45) is 2.24. The minimum absolute atomic E-state index is 0.0883. The molecule has 2 N–H and O–H groups in total. The number of thioether (sulfide) groups is 1. The summed E-state index contributed by atoms with van der Waals surface area (Å²) in [5, 5.41) is 11.8. The molecule has 6 nitrogen and oxygen atoms in total. The van der Waals surface area contributed by atoms with E-state index in [-0.39, 0.29) is 17.5 Å². The van der Waals surface area contributed by atoms with Gasteiger partial charge in [0.15, 0.2) is 0 Å². The van der Waals surface area contributed by atoms with Crippen LogP contribution in [-0.2, 0) is 14.4 Å². The number of rotatable bonds is 4. The molecule has 26 heavy (non-hydrogen) atoms. The van der Waals surface area contributed by atoms with E-state index in [4.69, 9.17) is 0 Å². The molecule has 1 aromatic carbocycles. The number of hydrogen-bond donors (Lipinski definition) is 2. The minimum atomic E-state index is -0.868. The molecule has 3 unspecified atom stereocenters. The molecule has 1 aliphatic carbocycles. The van der Waals surface area contributed by atoms with E-state index in [0.717, 1.165) is 0 Å². The topological polar surface area (TPSA) is 86.7 Å². The van der Waals surface area contributed by atoms with Gasteiger partial charge < -0.3 is 15.3 Å². The smallest absolute Gasteiger partial charge is 0.306 e. The highest BCUT2D eigenvalue weighted by Crippen LogP contribution is 2.33. The third kappa shape index (κ3) is 4.00. The van der Waals surface area contributed by atoms with Crippen molar-refractivity contribution in [2.24, 2.45) is 11.8 Å². The highest BCUT2D eigenvalue weighted by Gasteiger charge is 2.40. The Morgan fingerprint density at radius 1 is 1.19 bits per heavy atom. The van der Waals surface area contributed by atoms with Crippen LogP contribution in [0, 0.1) is 17.7 Å². The summed E-state index contributed by atoms with van der Waals surface area (Å²) >= 11 is 1.47. The predicted octanol–water partition coefficient (Wildman–Crippen LogP) is 2.56. The van der Waals surface area contributed by atoms with Crippen LogP contribution >= 0.6 is 11.8 Å². The second kappa shape index (κ2) is 8.07. The summed E-state index contributed by atoms with van der Waals surface area (Å²) in [4.78, 5) is 38.2. The van der Waals surface area contributed by atoms with Crippen LogP contribution in [0.1, 0.15) is 25.7 Å². The van der Waals surface area contributed by atoms with Crippen molar-refractivity contribution in [3.63, 3.8) is 0 Å². The van der Waals surface area contributed by atoms with Gasteiger partial charge >= 0.3 is 5.97 Å². The van der Waals surface area contributed by atoms with E-state index in [2.05, 4.69) is 5.32 Å². The number of aliphatic carboxylic acids is 1. The summed E-state index contributed by atoms with van der Waals surface area (Å²) in [5.74, 6) is -2.02. The van der Waals surface area contributed by atoms with Gasteiger partial charge in [-0.2, -0.15) is 0 Å². The first-order valence-electron chi connectivity index (χ1n) is 8.63. The van der Waals surface area contributed by atoms with Gasteiger partial charge in [0.05, 0.1) is 17.5 Å². The molecule has 2 fully saturated rings. The predicted molar refractivity (Wildman–Crippen MR) is 96.1 cm³/mol. The number of carbonyl (C=O) groups is 3. The van der Waals surface area contributed by atoms with E-state index in [1.807, 2.05) is 0 Å². The first kappa shape index (κ1) is 18.7. The molecular weight excluding hydrogens is 359 g/mol. The van der Waals surface area contributed by atoms with Crippen LogP contribution in [0.3, 0.4) is 0 Å². The normalized spacial score (nSPS) is 25.7. The molecule has 0 bridgehead atoms. The van der Waals surface area contributed by atoms with Crippen LogP contribution in [0.15, 0.2) is 24.3 Å². The van der Waals surface area contributed by atoms with E-state index < -0.39 is 29.7 Å². The summed E-state index contributed by atoms with van der Waals surface area (Å²) < 4.78 is 13.7. The lowest BCUT2D eigenvalue weighted by Gasteiger charge is -2.31. The van der Waals surface area contributed by atoms with Crippen molar-refractivity contribution < 1.29 is 23.9 Å². The number of para-hydroxylation sites is 1. The summed E-state index contributed by atoms with van der Waals surface area (Å²) in [6, 6.07) is 5.22. The molecule has 2 amide bonds. The van der Waals surface area contributed by atoms with Crippen LogP contribution in [0.4, 0.5) is 10.1 Å². The molecule has 1 aromatic rings. The Balaban J connectivity index is 1.67. The minimum Gasteiger partial charge on any atom is -0.481 e. The number of carboxylic acids is 1. The molecular formula is C18H21FN2O4S. The second-order valence-electron chi connectivity index (χ2n) is 6.69. The van der Waals surface area contributed by atoms with E-state index in [1.54, 1.807) is 6.07 Å². The third-order valence-electron chi connectivity index (χ3n) is 4.97. The zero-order valence-electron chi connectivity index (χ0n) is 14.2. The SMILES string of the molecule is O=C(O)C1CCCC(C(=O)N2CSCC2C(=O)Nc2ccccc2F)C1. The van der Waals surface area contributed by atoms with Crippen molar-refractivity contribution >= 4 is 35.2 Å². The molecule has 1 saturated heterocycles. The fourth-order valence-electron chi connectivity index (χ4n) is 3.53. The maximum atomic E-state index is 13.7. The Morgan fingerprint density at radius 2 is 1.92 bits per heavy atom. The zero-order chi connectivity index (χ0) is 18.7. The molecule has 1 aliphatic heterocycles. The van der Waals surface area contributed by atoms with Gasteiger partial charge in [-0.25, -0.2) is 4.39 Å². The molecule has 8 heteroatoms. The van der Waals surface area contributed by atoms with Crippen molar-refractivity contribution in [1.82, 2.24) is 4.90 Å². The fraction of sp³-hybridized carbons (Fsp3) is 0.500. The lowest BCUT2D eigenvalue weighted by Crippen LogP contribution is -2.47. The maximum absolute atomic E-state index is 13.7. The number of amides is 2. The molecule has 1 saturated carbocycles. The second-order valence-corrected chi connectivity index (χ2v) is 7.69. The number of nitrogens with one attached hydrogen (secondary N) is 1. The van der Waals surface area contributed by atoms with Crippen LogP contribution in [0.2, 0.25) is 0 Å². The molecule has 1 heterocycles. The van der Waals surface area contributed by atoms with E-state index in [9.17, 15) is 23.9 Å². The molecule has 0 aromatic heterocycles. The summed E-state index contributed by atoms with van der Waals surface area (Å²) in [6.45, 7) is 0. The summed E-state index contributed by atoms with van der Waals surface area (Å²) in [7, 11) is 0. The van der Waals surface area contributed by atoms with Gasteiger partial charge in [-0.05, 0) is 31.4 Å². The van der Waals surface area contributed by atoms with Crippen LogP contribution < -0.4 is 5.32 Å². The van der Waals surface area contributed by atoms with Crippen LogP contribution in [0.5, 0.6) is 0 Å². The molecule has 0 spiro atoms. The van der Waals surface area contributed by atoms with Gasteiger partial charge in [0.2, 0.25) is 11.8 Å². The Kier molecular flexibility index (Phi) is 5.80. The molecule has 0 radical (unpaired) electrons. The van der Waals surface area contributed by atoms with Gasteiger partial charge in [0, 0.05) is 11.7 Å². The standard InChI is InChI=1S/C18H21FN2O4S/c19-13-6-1-2-7-14(13)20-16(22)15-9-26-10-21(15)17(23)11-4-3-5-12(8-11)18(24)25/h1-2,6-7,11-12,15H,3-5,8-10H2,(H,20,22)(H,24,25). The van der Waals surface area contributed by atoms with Crippen molar-refractivity contribution in [3.05, 3.63) is 30.1 Å². The highest BCUT2D eigenvalue weighted by molar-refractivity contribution is 7.99. The van der Waals surface area contributed by atoms with Gasteiger partial charge in [-0.3, -0.25) is 14.4 Å². The van der Waals surface area contributed by atoms with Crippen molar-refractivity contribution in [2.75, 3.05) is 16.9 Å². The van der Waals surface area contributed by atoms with Gasteiger partial charge in [-0.15, -0.1) is 11.8 Å². The number of nitrogens with zero attached hydrogens (tertiary/aromatic N) is 1. The molecule has 140 valence electrons. The maximum Gasteiger partial charge on any atom is 0.306 e. The zero-order valence-corrected chi connectivity index (χ0v) is 15.0. The number of benzene rings is 1. The average Bonchev–Trinajstić information content (AvgIpc) is 3.13. The average molecular weight is 380 g/mol. The quantitative estimate of drug-likeness (QED) is 0.838. The number of hydrogen-bond acceptors (Lipinski definition) is 4. The molecule has 3 rings (SSSR count). The lowest BCUT2D eigenvalue weighted by molar-refractivity contribution is -0.146. The van der Waals surface area contributed by atoms with E-state index in [0.29, 0.717) is 37.3 Å². The monoisotopic (exact) mass is 380 g/mol. The van der Waals surface area contributed by atoms with E-state index >= 15 is 0 Å². The first-order valence-corrected chi connectivity index (χ1v) is 9.79. The summed E-state index contributed by atoms with van der Waals surface area (Å²) in [5.41, 5.74) is 0.0883. The number of anilines is 1. The van der Waals surface area contributed by atoms with E-state index in [1.165, 1.54) is 34.9 Å². The van der Waals surface area contributed by atoms with Gasteiger partial charge in [-0.1, -0.05) is 18.6 Å². The molecule has 2 aliphatic rings. The highest BCUT2D eigenvalue weighted by atomic mass is 32.2. The first-order chi connectivity index (χ1) is 12.5. The Morgan fingerprint density at radius 3 is 2.65 bits per heavy atom. The van der Waals surface area contributed by atoms with Crippen molar-refractivity contribution in [3.8, 4) is 0 Å².